The van der Waals surface area contributed by atoms with Crippen LogP contribution in [0.2, 0.25) is 0 Å². The van der Waals surface area contributed by atoms with Crippen molar-refractivity contribution in [2.45, 2.75) is 13.3 Å². The first-order chi connectivity index (χ1) is 13.1. The maximum Gasteiger partial charge on any atom is 0.337 e. The van der Waals surface area contributed by atoms with Crippen molar-refractivity contribution in [2.24, 2.45) is 0 Å². The summed E-state index contributed by atoms with van der Waals surface area (Å²) < 4.78 is 4.78. The van der Waals surface area contributed by atoms with Crippen molar-refractivity contribution in [3.8, 4) is 11.4 Å². The number of carbonyl (C=O) groups excluding carboxylic acids is 2. The first-order valence-electron chi connectivity index (χ1n) is 8.57. The maximum atomic E-state index is 12.6. The minimum Gasteiger partial charge on any atom is -0.466 e. The normalized spacial score (nSPS) is 14.0. The number of carbonyl (C=O) groups is 2. The number of aliphatic hydroxyl groups excluding tert-OH is 1. The van der Waals surface area contributed by atoms with Crippen LogP contribution in [0.25, 0.3) is 11.4 Å². The number of ether oxygens (including phenoxy) is 1. The van der Waals surface area contributed by atoms with E-state index in [1.54, 1.807) is 12.1 Å². The molecule has 3 N–H and O–H groups in total. The lowest BCUT2D eigenvalue weighted by atomic mass is 10.1. The molecule has 1 aliphatic rings. The number of anilines is 1. The minimum absolute atomic E-state index is 0.0921. The largest absolute Gasteiger partial charge is 0.466 e. The summed E-state index contributed by atoms with van der Waals surface area (Å²) in [5.74, 6) is 0.395. The van der Waals surface area contributed by atoms with Crippen LogP contribution in [0.15, 0.2) is 35.5 Å². The predicted molar refractivity (Wildman–Crippen MR) is 97.5 cm³/mol. The third-order valence-electron chi connectivity index (χ3n) is 4.21. The van der Waals surface area contributed by atoms with Gasteiger partial charge in [0.1, 0.15) is 11.5 Å². The average Bonchev–Trinajstić information content (AvgIpc) is 3.28. The number of aryl methyl sites for hydroxylation is 1. The van der Waals surface area contributed by atoms with Crippen LogP contribution >= 0.6 is 0 Å². The molecule has 1 aromatic carbocycles. The lowest BCUT2D eigenvalue weighted by Gasteiger charge is -2.15. The number of hydrogen-bond donors (Lipinski definition) is 3. The Kier molecular flexibility index (Phi) is 5.51. The van der Waals surface area contributed by atoms with Gasteiger partial charge in [-0.15, -0.1) is 0 Å². The van der Waals surface area contributed by atoms with Crippen LogP contribution in [0.5, 0.6) is 0 Å². The van der Waals surface area contributed by atoms with E-state index in [1.165, 1.54) is 12.0 Å². The van der Waals surface area contributed by atoms with Gasteiger partial charge in [-0.1, -0.05) is 19.1 Å². The number of rotatable bonds is 7. The van der Waals surface area contributed by atoms with Crippen molar-refractivity contribution in [1.29, 1.82) is 0 Å². The molecule has 1 amide bonds. The van der Waals surface area contributed by atoms with Gasteiger partial charge in [-0.2, -0.15) is 5.10 Å². The fraction of sp³-hybridized carbons (Fsp3) is 0.333. The Morgan fingerprint density at radius 3 is 2.93 bits per heavy atom. The monoisotopic (exact) mass is 371 g/mol. The van der Waals surface area contributed by atoms with Gasteiger partial charge in [0.05, 0.1) is 25.8 Å². The third-order valence-corrected chi connectivity index (χ3v) is 4.21. The SMILES string of the molecule is CCc1nc(-c2cccc(NC3=C(C(=O)OC)CN(CCO)C3=O)c2)n[nH]1. The maximum absolute atomic E-state index is 12.6. The van der Waals surface area contributed by atoms with Gasteiger partial charge in [-0.05, 0) is 12.1 Å². The van der Waals surface area contributed by atoms with Crippen molar-refractivity contribution >= 4 is 17.6 Å². The van der Waals surface area contributed by atoms with E-state index in [0.717, 1.165) is 17.8 Å². The van der Waals surface area contributed by atoms with Crippen LogP contribution in [0, 0.1) is 0 Å². The number of aliphatic hydroxyl groups is 1. The van der Waals surface area contributed by atoms with Crippen LogP contribution in [0.3, 0.4) is 0 Å². The van der Waals surface area contributed by atoms with Crippen molar-refractivity contribution in [3.63, 3.8) is 0 Å². The second kappa shape index (κ2) is 8.00. The Morgan fingerprint density at radius 2 is 2.26 bits per heavy atom. The molecule has 9 heteroatoms. The number of amides is 1. The molecule has 1 aromatic heterocycles. The molecule has 0 fully saturated rings. The number of aromatic nitrogens is 3. The molecule has 2 aromatic rings. The summed E-state index contributed by atoms with van der Waals surface area (Å²) in [4.78, 5) is 30.4. The van der Waals surface area contributed by atoms with Gasteiger partial charge in [0.25, 0.3) is 5.91 Å². The Morgan fingerprint density at radius 1 is 1.44 bits per heavy atom. The van der Waals surface area contributed by atoms with Crippen LogP contribution in [0.1, 0.15) is 12.7 Å². The zero-order chi connectivity index (χ0) is 19.4. The smallest absolute Gasteiger partial charge is 0.337 e. The van der Waals surface area contributed by atoms with Gasteiger partial charge in [-0.25, -0.2) is 9.78 Å². The van der Waals surface area contributed by atoms with E-state index in [9.17, 15) is 9.59 Å². The average molecular weight is 371 g/mol. The van der Waals surface area contributed by atoms with Gasteiger partial charge in [-0.3, -0.25) is 9.89 Å². The molecule has 9 nitrogen and oxygen atoms in total. The van der Waals surface area contributed by atoms with Gasteiger partial charge >= 0.3 is 5.97 Å². The molecule has 1 aliphatic heterocycles. The van der Waals surface area contributed by atoms with E-state index in [4.69, 9.17) is 9.84 Å². The topological polar surface area (TPSA) is 120 Å². The Hall–Kier alpha value is -3.20. The molecule has 0 aliphatic carbocycles. The van der Waals surface area contributed by atoms with E-state index in [-0.39, 0.29) is 36.9 Å². The molecule has 27 heavy (non-hydrogen) atoms. The quantitative estimate of drug-likeness (QED) is 0.613. The molecule has 0 unspecified atom stereocenters. The lowest BCUT2D eigenvalue weighted by molar-refractivity contribution is -0.136. The second-order valence-electron chi connectivity index (χ2n) is 5.96. The van der Waals surface area contributed by atoms with E-state index in [0.29, 0.717) is 11.5 Å². The van der Waals surface area contributed by atoms with Crippen molar-refractivity contribution < 1.29 is 19.4 Å². The molecule has 0 saturated carbocycles. The van der Waals surface area contributed by atoms with Crippen molar-refractivity contribution in [3.05, 3.63) is 41.4 Å². The van der Waals surface area contributed by atoms with Crippen LogP contribution < -0.4 is 5.32 Å². The number of H-pyrrole nitrogens is 1. The van der Waals surface area contributed by atoms with Gasteiger partial charge in [0.15, 0.2) is 5.82 Å². The second-order valence-corrected chi connectivity index (χ2v) is 5.96. The minimum atomic E-state index is -0.580. The number of nitrogens with zero attached hydrogens (tertiary/aromatic N) is 3. The molecule has 0 spiro atoms. The zero-order valence-corrected chi connectivity index (χ0v) is 15.2. The summed E-state index contributed by atoms with van der Waals surface area (Å²) in [6.07, 6.45) is 0.746. The summed E-state index contributed by atoms with van der Waals surface area (Å²) in [6.45, 7) is 2.02. The standard InChI is InChI=1S/C18H21N5O4/c1-3-14-20-16(22-21-14)11-5-4-6-12(9-11)19-15-13(18(26)27-2)10-23(7-8-24)17(15)25/h4-6,9,19,24H,3,7-8,10H2,1-2H3,(H,20,21,22). The number of esters is 1. The summed E-state index contributed by atoms with van der Waals surface area (Å²) >= 11 is 0. The van der Waals surface area contributed by atoms with Crippen LogP contribution in [-0.2, 0) is 20.7 Å². The van der Waals surface area contributed by atoms with Gasteiger partial charge in [0.2, 0.25) is 0 Å². The summed E-state index contributed by atoms with van der Waals surface area (Å²) in [5, 5.41) is 19.2. The van der Waals surface area contributed by atoms with Crippen molar-refractivity contribution in [2.75, 3.05) is 32.1 Å². The fourth-order valence-electron chi connectivity index (χ4n) is 2.81. The Balaban J connectivity index is 1.89. The number of methoxy groups -OCH3 is 1. The molecule has 0 bridgehead atoms. The highest BCUT2D eigenvalue weighted by Crippen LogP contribution is 2.25. The number of aromatic amines is 1. The summed E-state index contributed by atoms with van der Waals surface area (Å²) in [6, 6.07) is 7.24. The fourth-order valence-corrected chi connectivity index (χ4v) is 2.81. The highest BCUT2D eigenvalue weighted by molar-refractivity contribution is 6.08. The van der Waals surface area contributed by atoms with Gasteiger partial charge < -0.3 is 20.1 Å². The number of benzene rings is 1. The third kappa shape index (κ3) is 3.82. The predicted octanol–water partition coefficient (Wildman–Crippen LogP) is 0.708. The first kappa shape index (κ1) is 18.6. The number of hydrogen-bond acceptors (Lipinski definition) is 7. The molecule has 142 valence electrons. The van der Waals surface area contributed by atoms with Crippen LogP contribution in [-0.4, -0.2) is 63.9 Å². The highest BCUT2D eigenvalue weighted by atomic mass is 16.5. The molecule has 0 saturated heterocycles. The number of β-amino-alcohol motifs (C(OH)–C–C–N with tert-alkyl or cyclic N) is 1. The Bertz CT molecular complexity index is 889. The summed E-state index contributed by atoms with van der Waals surface area (Å²) in [7, 11) is 1.27. The molecule has 0 radical (unpaired) electrons. The van der Waals surface area contributed by atoms with E-state index < -0.39 is 5.97 Å². The van der Waals surface area contributed by atoms with Crippen molar-refractivity contribution in [1.82, 2.24) is 20.1 Å². The van der Waals surface area contributed by atoms with Gasteiger partial charge in [0, 0.05) is 24.2 Å². The van der Waals surface area contributed by atoms with E-state index in [2.05, 4.69) is 20.5 Å². The van der Waals surface area contributed by atoms with Crippen LogP contribution in [0.4, 0.5) is 5.69 Å². The first-order valence-corrected chi connectivity index (χ1v) is 8.57. The summed E-state index contributed by atoms with van der Waals surface area (Å²) in [5.41, 5.74) is 1.77. The van der Waals surface area contributed by atoms with E-state index in [1.807, 2.05) is 19.1 Å². The Labute approximate surface area is 156 Å². The lowest BCUT2D eigenvalue weighted by Crippen LogP contribution is -2.31. The highest BCUT2D eigenvalue weighted by Gasteiger charge is 2.34. The number of nitrogens with one attached hydrogen (secondary N) is 2. The molecule has 2 heterocycles. The molecule has 3 rings (SSSR count). The zero-order valence-electron chi connectivity index (χ0n) is 15.2. The molecule has 0 atom stereocenters. The van der Waals surface area contributed by atoms with E-state index >= 15 is 0 Å². The molecular weight excluding hydrogens is 350 g/mol. The molecular formula is C18H21N5O4.